The molecule has 0 saturated heterocycles. The molecule has 0 saturated carbocycles. The van der Waals surface area contributed by atoms with Crippen molar-refractivity contribution in [2.24, 2.45) is 0 Å². The highest BCUT2D eigenvalue weighted by molar-refractivity contribution is 5.85. The molecule has 0 radical (unpaired) electrons. The van der Waals surface area contributed by atoms with Crippen molar-refractivity contribution in [2.45, 2.75) is 6.42 Å². The van der Waals surface area contributed by atoms with Crippen LogP contribution in [-0.4, -0.2) is 45.9 Å². The second-order valence-electron chi connectivity index (χ2n) is 4.00. The summed E-state index contributed by atoms with van der Waals surface area (Å²) < 4.78 is 10.3. The number of carbonyl (C=O) groups is 1. The van der Waals surface area contributed by atoms with Crippen molar-refractivity contribution in [1.29, 1.82) is 0 Å². The van der Waals surface area contributed by atoms with Crippen LogP contribution in [0.3, 0.4) is 0 Å². The number of benzene rings is 1. The van der Waals surface area contributed by atoms with Crippen molar-refractivity contribution in [2.75, 3.05) is 40.0 Å². The highest BCUT2D eigenvalue weighted by Crippen LogP contribution is 2.08. The fourth-order valence-corrected chi connectivity index (χ4v) is 1.46. The molecule has 0 spiro atoms. The van der Waals surface area contributed by atoms with Gasteiger partial charge >= 0.3 is 0 Å². The first kappa shape index (κ1) is 18.7. The molecular weight excluding hydrogens is 280 g/mol. The average Bonchev–Trinajstić information content (AvgIpc) is 2.44. The van der Waals surface area contributed by atoms with E-state index in [4.69, 9.17) is 9.47 Å². The lowest BCUT2D eigenvalue weighted by Gasteiger charge is -2.08. The molecule has 0 aliphatic carbocycles. The first-order valence-corrected chi connectivity index (χ1v) is 6.47. The predicted molar refractivity (Wildman–Crippen MR) is 81.6 cm³/mol. The van der Waals surface area contributed by atoms with Gasteiger partial charge < -0.3 is 20.1 Å². The Kier molecular flexibility index (Phi) is 11.9. The van der Waals surface area contributed by atoms with Crippen LogP contribution < -0.4 is 15.4 Å². The van der Waals surface area contributed by atoms with Gasteiger partial charge in [-0.25, -0.2) is 0 Å². The van der Waals surface area contributed by atoms with Gasteiger partial charge in [-0.2, -0.15) is 0 Å². The SMILES string of the molecule is COCCNCCNC(=O)CCOc1ccccc1.Cl. The zero-order valence-corrected chi connectivity index (χ0v) is 12.6. The van der Waals surface area contributed by atoms with Gasteiger partial charge in [0.1, 0.15) is 5.75 Å². The summed E-state index contributed by atoms with van der Waals surface area (Å²) in [4.78, 5) is 11.5. The minimum absolute atomic E-state index is 0. The third-order valence-corrected chi connectivity index (χ3v) is 2.45. The fourth-order valence-electron chi connectivity index (χ4n) is 1.46. The molecule has 0 heterocycles. The van der Waals surface area contributed by atoms with Gasteiger partial charge in [-0.15, -0.1) is 12.4 Å². The van der Waals surface area contributed by atoms with Gasteiger partial charge in [-0.3, -0.25) is 4.79 Å². The van der Waals surface area contributed by atoms with E-state index >= 15 is 0 Å². The summed E-state index contributed by atoms with van der Waals surface area (Å²) in [5.41, 5.74) is 0. The van der Waals surface area contributed by atoms with Gasteiger partial charge in [-0.1, -0.05) is 18.2 Å². The van der Waals surface area contributed by atoms with Gasteiger partial charge in [0, 0.05) is 26.7 Å². The number of halogens is 1. The Morgan fingerprint density at radius 3 is 2.55 bits per heavy atom. The molecular formula is C14H23ClN2O3. The van der Waals surface area contributed by atoms with Gasteiger partial charge in [-0.05, 0) is 12.1 Å². The molecule has 1 aromatic carbocycles. The maximum Gasteiger partial charge on any atom is 0.223 e. The van der Waals surface area contributed by atoms with E-state index in [1.165, 1.54) is 0 Å². The summed E-state index contributed by atoms with van der Waals surface area (Å²) in [5, 5.41) is 5.98. The Morgan fingerprint density at radius 2 is 1.85 bits per heavy atom. The first-order valence-electron chi connectivity index (χ1n) is 6.47. The lowest BCUT2D eigenvalue weighted by atomic mass is 10.3. The molecule has 114 valence electrons. The van der Waals surface area contributed by atoms with Gasteiger partial charge in [0.05, 0.1) is 19.6 Å². The van der Waals surface area contributed by atoms with Crippen LogP contribution in [0.2, 0.25) is 0 Å². The third kappa shape index (κ3) is 9.61. The van der Waals surface area contributed by atoms with Crippen molar-refractivity contribution in [3.8, 4) is 5.75 Å². The van der Waals surface area contributed by atoms with Crippen LogP contribution >= 0.6 is 12.4 Å². The van der Waals surface area contributed by atoms with E-state index in [1.54, 1.807) is 7.11 Å². The number of hydrogen-bond acceptors (Lipinski definition) is 4. The lowest BCUT2D eigenvalue weighted by Crippen LogP contribution is -2.33. The van der Waals surface area contributed by atoms with E-state index < -0.39 is 0 Å². The molecule has 0 atom stereocenters. The van der Waals surface area contributed by atoms with Crippen LogP contribution in [0, 0.1) is 0 Å². The zero-order valence-electron chi connectivity index (χ0n) is 11.8. The molecule has 2 N–H and O–H groups in total. The quantitative estimate of drug-likeness (QED) is 0.638. The Hall–Kier alpha value is -1.30. The van der Waals surface area contributed by atoms with E-state index in [0.29, 0.717) is 26.2 Å². The predicted octanol–water partition coefficient (Wildman–Crippen LogP) is 1.23. The topological polar surface area (TPSA) is 59.6 Å². The van der Waals surface area contributed by atoms with Crippen LogP contribution in [0.5, 0.6) is 5.75 Å². The summed E-state index contributed by atoms with van der Waals surface area (Å²) in [6, 6.07) is 9.48. The summed E-state index contributed by atoms with van der Waals surface area (Å²) in [6.45, 7) is 3.23. The van der Waals surface area contributed by atoms with Crippen LogP contribution in [0.15, 0.2) is 30.3 Å². The Labute approximate surface area is 126 Å². The van der Waals surface area contributed by atoms with Crippen molar-refractivity contribution in [1.82, 2.24) is 10.6 Å². The Morgan fingerprint density at radius 1 is 1.10 bits per heavy atom. The molecule has 0 aliphatic rings. The summed E-state index contributed by atoms with van der Waals surface area (Å²) >= 11 is 0. The van der Waals surface area contributed by atoms with Gasteiger partial charge in [0.15, 0.2) is 0 Å². The smallest absolute Gasteiger partial charge is 0.223 e. The van der Waals surface area contributed by atoms with E-state index in [-0.39, 0.29) is 18.3 Å². The number of ether oxygens (including phenoxy) is 2. The third-order valence-electron chi connectivity index (χ3n) is 2.45. The number of rotatable bonds is 10. The summed E-state index contributed by atoms with van der Waals surface area (Å²) in [7, 11) is 1.66. The molecule has 5 nitrogen and oxygen atoms in total. The molecule has 6 heteroatoms. The highest BCUT2D eigenvalue weighted by Gasteiger charge is 2.00. The van der Waals surface area contributed by atoms with E-state index in [9.17, 15) is 4.79 Å². The van der Waals surface area contributed by atoms with Gasteiger partial charge in [0.25, 0.3) is 0 Å². The molecule has 0 fully saturated rings. The number of carbonyl (C=O) groups excluding carboxylic acids is 1. The average molecular weight is 303 g/mol. The standard InChI is InChI=1S/C14H22N2O3.ClH/c1-18-12-10-15-8-9-16-14(17)7-11-19-13-5-3-2-4-6-13;/h2-6,15H,7-12H2,1H3,(H,16,17);1H. The zero-order chi connectivity index (χ0) is 13.8. The molecule has 1 amide bonds. The molecule has 20 heavy (non-hydrogen) atoms. The molecule has 0 aromatic heterocycles. The monoisotopic (exact) mass is 302 g/mol. The maximum atomic E-state index is 11.5. The van der Waals surface area contributed by atoms with Crippen molar-refractivity contribution in [3.05, 3.63) is 30.3 Å². The molecule has 1 aromatic rings. The number of nitrogens with one attached hydrogen (secondary N) is 2. The van der Waals surface area contributed by atoms with Crippen LogP contribution in [0.25, 0.3) is 0 Å². The summed E-state index contributed by atoms with van der Waals surface area (Å²) in [5.74, 6) is 0.793. The number of para-hydroxylation sites is 1. The van der Waals surface area contributed by atoms with Crippen molar-refractivity contribution < 1.29 is 14.3 Å². The maximum absolute atomic E-state index is 11.5. The van der Waals surface area contributed by atoms with Crippen LogP contribution in [0.1, 0.15) is 6.42 Å². The Balaban J connectivity index is 0.00000361. The first-order chi connectivity index (χ1) is 9.33. The van der Waals surface area contributed by atoms with Crippen molar-refractivity contribution in [3.63, 3.8) is 0 Å². The van der Waals surface area contributed by atoms with Crippen LogP contribution in [0.4, 0.5) is 0 Å². The highest BCUT2D eigenvalue weighted by atomic mass is 35.5. The normalized spacial score (nSPS) is 9.65. The largest absolute Gasteiger partial charge is 0.493 e. The molecule has 0 aliphatic heterocycles. The number of amides is 1. The molecule has 1 rings (SSSR count). The Bertz CT molecular complexity index is 350. The second kappa shape index (κ2) is 12.7. The number of hydrogen-bond donors (Lipinski definition) is 2. The lowest BCUT2D eigenvalue weighted by molar-refractivity contribution is -0.121. The minimum atomic E-state index is 0. The molecule has 0 bridgehead atoms. The van der Waals surface area contributed by atoms with E-state index in [0.717, 1.165) is 18.8 Å². The minimum Gasteiger partial charge on any atom is -0.493 e. The molecule has 0 unspecified atom stereocenters. The number of methoxy groups -OCH3 is 1. The van der Waals surface area contributed by atoms with E-state index in [2.05, 4.69) is 10.6 Å². The van der Waals surface area contributed by atoms with Crippen LogP contribution in [-0.2, 0) is 9.53 Å². The summed E-state index contributed by atoms with van der Waals surface area (Å²) in [6.07, 6.45) is 0.368. The van der Waals surface area contributed by atoms with E-state index in [1.807, 2.05) is 30.3 Å². The van der Waals surface area contributed by atoms with Gasteiger partial charge in [0.2, 0.25) is 5.91 Å². The fraction of sp³-hybridized carbons (Fsp3) is 0.500. The van der Waals surface area contributed by atoms with Crippen molar-refractivity contribution >= 4 is 18.3 Å². The second-order valence-corrected chi connectivity index (χ2v) is 4.00.